The normalized spacial score (nSPS) is 13.0. The minimum atomic E-state index is -0.415. The van der Waals surface area contributed by atoms with Crippen molar-refractivity contribution in [3.05, 3.63) is 62.2 Å². The number of carbonyl (C=O) groups is 2. The summed E-state index contributed by atoms with van der Waals surface area (Å²) in [4.78, 5) is 26.8. The van der Waals surface area contributed by atoms with E-state index >= 15 is 0 Å². The topological polar surface area (TPSA) is 82.5 Å². The molecule has 2 heterocycles. The zero-order chi connectivity index (χ0) is 23.5. The molecule has 0 spiro atoms. The molecule has 1 amide bonds. The number of ether oxygens (including phenoxy) is 2. The van der Waals surface area contributed by atoms with E-state index in [9.17, 15) is 9.59 Å². The van der Waals surface area contributed by atoms with Gasteiger partial charge in [-0.2, -0.15) is 5.10 Å². The molecule has 0 bridgehead atoms. The molecule has 10 heteroatoms. The highest BCUT2D eigenvalue weighted by atomic mass is 35.5. The predicted molar refractivity (Wildman–Crippen MR) is 129 cm³/mol. The van der Waals surface area contributed by atoms with Gasteiger partial charge < -0.3 is 14.8 Å². The number of amides is 1. The van der Waals surface area contributed by atoms with E-state index in [2.05, 4.69) is 10.4 Å². The number of rotatable bonds is 7. The minimum absolute atomic E-state index is 0.0238. The van der Waals surface area contributed by atoms with Crippen LogP contribution >= 0.6 is 34.5 Å². The third-order valence-electron chi connectivity index (χ3n) is 5.08. The molecule has 3 aromatic rings. The van der Waals surface area contributed by atoms with Gasteiger partial charge >= 0.3 is 5.97 Å². The van der Waals surface area contributed by atoms with Crippen molar-refractivity contribution in [3.63, 3.8) is 0 Å². The molecule has 0 saturated carbocycles. The van der Waals surface area contributed by atoms with Crippen LogP contribution < -0.4 is 10.1 Å². The van der Waals surface area contributed by atoms with Crippen molar-refractivity contribution in [2.24, 2.45) is 0 Å². The number of hydrogen-bond donors (Lipinski definition) is 1. The maximum absolute atomic E-state index is 12.9. The Morgan fingerprint density at radius 3 is 2.64 bits per heavy atom. The highest BCUT2D eigenvalue weighted by molar-refractivity contribution is 7.17. The summed E-state index contributed by atoms with van der Waals surface area (Å²) in [5.74, 6) is -0.475. The van der Waals surface area contributed by atoms with Crippen molar-refractivity contribution in [2.75, 3.05) is 5.32 Å². The second kappa shape index (κ2) is 10.2. The molecule has 2 aromatic heterocycles. The van der Waals surface area contributed by atoms with Crippen LogP contribution in [0.3, 0.4) is 0 Å². The van der Waals surface area contributed by atoms with E-state index in [4.69, 9.17) is 32.7 Å². The summed E-state index contributed by atoms with van der Waals surface area (Å²) < 4.78 is 12.6. The van der Waals surface area contributed by atoms with Crippen LogP contribution in [0.25, 0.3) is 0 Å². The molecule has 1 aliphatic carbocycles. The first-order valence-electron chi connectivity index (χ1n) is 10.6. The van der Waals surface area contributed by atoms with Crippen LogP contribution in [0.5, 0.6) is 5.75 Å². The molecule has 33 heavy (non-hydrogen) atoms. The molecule has 7 nitrogen and oxygen atoms in total. The van der Waals surface area contributed by atoms with Crippen LogP contribution in [-0.2, 0) is 24.3 Å². The summed E-state index contributed by atoms with van der Waals surface area (Å²) in [6, 6.07) is 6.65. The van der Waals surface area contributed by atoms with Crippen molar-refractivity contribution in [2.45, 2.75) is 52.4 Å². The van der Waals surface area contributed by atoms with Crippen LogP contribution in [0.1, 0.15) is 58.0 Å². The van der Waals surface area contributed by atoms with Crippen LogP contribution in [0.15, 0.2) is 30.5 Å². The highest BCUT2D eigenvalue weighted by Crippen LogP contribution is 2.39. The van der Waals surface area contributed by atoms with Gasteiger partial charge in [-0.05, 0) is 63.3 Å². The van der Waals surface area contributed by atoms with E-state index in [1.165, 1.54) is 16.0 Å². The molecule has 0 fully saturated rings. The highest BCUT2D eigenvalue weighted by Gasteiger charge is 2.28. The first-order valence-corrected chi connectivity index (χ1v) is 12.2. The molecule has 0 unspecified atom stereocenters. The molecular weight excluding hydrogens is 485 g/mol. The van der Waals surface area contributed by atoms with Crippen molar-refractivity contribution in [3.8, 4) is 5.75 Å². The number of esters is 1. The lowest BCUT2D eigenvalue weighted by Crippen LogP contribution is -2.18. The van der Waals surface area contributed by atoms with Crippen molar-refractivity contribution in [1.29, 1.82) is 0 Å². The molecule has 0 aliphatic heterocycles. The first kappa shape index (κ1) is 23.6. The summed E-state index contributed by atoms with van der Waals surface area (Å²) in [5.41, 5.74) is 1.65. The fraction of sp³-hybridized carbons (Fsp3) is 0.348. The van der Waals surface area contributed by atoms with Crippen molar-refractivity contribution in [1.82, 2.24) is 9.78 Å². The van der Waals surface area contributed by atoms with E-state index in [-0.39, 0.29) is 18.5 Å². The number of nitrogens with zero attached hydrogens (tertiary/aromatic N) is 2. The Balaban J connectivity index is 1.49. The summed E-state index contributed by atoms with van der Waals surface area (Å²) in [5, 5.41) is 8.41. The minimum Gasteiger partial charge on any atom is -0.468 e. The van der Waals surface area contributed by atoms with Crippen LogP contribution in [0, 0.1) is 0 Å². The van der Waals surface area contributed by atoms with E-state index in [1.807, 2.05) is 0 Å². The van der Waals surface area contributed by atoms with Gasteiger partial charge in [-0.25, -0.2) is 9.48 Å². The summed E-state index contributed by atoms with van der Waals surface area (Å²) >= 11 is 13.7. The van der Waals surface area contributed by atoms with Gasteiger partial charge in [-0.3, -0.25) is 4.79 Å². The molecule has 1 N–H and O–H groups in total. The Bertz CT molecular complexity index is 1170. The molecule has 4 rings (SSSR count). The third kappa shape index (κ3) is 5.34. The largest absolute Gasteiger partial charge is 0.468 e. The third-order valence-corrected chi connectivity index (χ3v) is 6.88. The summed E-state index contributed by atoms with van der Waals surface area (Å²) in [6.45, 7) is 3.63. The fourth-order valence-electron chi connectivity index (χ4n) is 3.62. The lowest BCUT2D eigenvalue weighted by atomic mass is 9.95. The van der Waals surface area contributed by atoms with Gasteiger partial charge in [-0.15, -0.1) is 11.3 Å². The number of nitrogens with one attached hydrogen (secondary N) is 1. The standard InChI is InChI=1S/C23H23Cl2N3O4S/c1-13(2)32-23(30)19-14-6-3-4-9-18(14)33-22(19)26-21(29)17-10-11-28(27-17)12-31-20-15(24)7-5-8-16(20)25/h5,7-8,10-11,13H,3-4,6,9,12H2,1-2H3,(H,26,29). The number of hydrogen-bond acceptors (Lipinski definition) is 6. The van der Waals surface area contributed by atoms with Gasteiger partial charge in [0.2, 0.25) is 0 Å². The number of para-hydroxylation sites is 1. The molecule has 0 saturated heterocycles. The van der Waals surface area contributed by atoms with Crippen LogP contribution in [-0.4, -0.2) is 27.8 Å². The fourth-order valence-corrected chi connectivity index (χ4v) is 5.39. The molecule has 0 radical (unpaired) electrons. The Labute approximate surface area is 205 Å². The number of aryl methyl sites for hydroxylation is 1. The average Bonchev–Trinajstić information content (AvgIpc) is 3.37. The van der Waals surface area contributed by atoms with E-state index in [0.29, 0.717) is 26.4 Å². The Kier molecular flexibility index (Phi) is 7.26. The maximum Gasteiger partial charge on any atom is 0.341 e. The second-order valence-corrected chi connectivity index (χ2v) is 9.81. The van der Waals surface area contributed by atoms with Crippen LogP contribution in [0.4, 0.5) is 5.00 Å². The number of halogens is 2. The van der Waals surface area contributed by atoms with Gasteiger partial charge in [-0.1, -0.05) is 29.3 Å². The average molecular weight is 508 g/mol. The monoisotopic (exact) mass is 507 g/mol. The Morgan fingerprint density at radius 2 is 1.91 bits per heavy atom. The van der Waals surface area contributed by atoms with Crippen LogP contribution in [0.2, 0.25) is 10.0 Å². The molecule has 1 aliphatic rings. The van der Waals surface area contributed by atoms with E-state index < -0.39 is 11.9 Å². The zero-order valence-corrected chi connectivity index (χ0v) is 20.5. The van der Waals surface area contributed by atoms with Crippen molar-refractivity contribution < 1.29 is 19.1 Å². The second-order valence-electron chi connectivity index (χ2n) is 7.89. The van der Waals surface area contributed by atoms with E-state index in [1.54, 1.807) is 44.3 Å². The number of fused-ring (bicyclic) bond motifs is 1. The number of thiophene rings is 1. The maximum atomic E-state index is 12.9. The van der Waals surface area contributed by atoms with Gasteiger partial charge in [0.25, 0.3) is 5.91 Å². The molecule has 1 aromatic carbocycles. The number of benzene rings is 1. The lowest BCUT2D eigenvalue weighted by Gasteiger charge is -2.14. The first-order chi connectivity index (χ1) is 15.8. The van der Waals surface area contributed by atoms with Gasteiger partial charge in [0.1, 0.15) is 5.00 Å². The van der Waals surface area contributed by atoms with Gasteiger partial charge in [0.05, 0.1) is 21.7 Å². The molecule has 174 valence electrons. The molecule has 0 atom stereocenters. The van der Waals surface area contributed by atoms with E-state index in [0.717, 1.165) is 36.1 Å². The van der Waals surface area contributed by atoms with Crippen molar-refractivity contribution >= 4 is 51.4 Å². The SMILES string of the molecule is CC(C)OC(=O)c1c(NC(=O)c2ccn(COc3c(Cl)cccc3Cl)n2)sc2c1CCCC2. The van der Waals surface area contributed by atoms with Gasteiger partial charge in [0.15, 0.2) is 18.2 Å². The Morgan fingerprint density at radius 1 is 1.18 bits per heavy atom. The summed E-state index contributed by atoms with van der Waals surface area (Å²) in [7, 11) is 0. The smallest absolute Gasteiger partial charge is 0.341 e. The number of anilines is 1. The Hall–Kier alpha value is -2.55. The van der Waals surface area contributed by atoms with Gasteiger partial charge in [0, 0.05) is 11.1 Å². The number of aromatic nitrogens is 2. The molecular formula is C23H23Cl2N3O4S. The number of carbonyl (C=O) groups excluding carboxylic acids is 2. The summed E-state index contributed by atoms with van der Waals surface area (Å²) in [6.07, 6.45) is 5.16. The quantitative estimate of drug-likeness (QED) is 0.397. The zero-order valence-electron chi connectivity index (χ0n) is 18.2. The lowest BCUT2D eigenvalue weighted by molar-refractivity contribution is 0.0378. The predicted octanol–water partition coefficient (Wildman–Crippen LogP) is 5.98.